The minimum atomic E-state index is -4.65. The molecule has 0 aliphatic rings. The lowest BCUT2D eigenvalue weighted by atomic mass is 10.1. The van der Waals surface area contributed by atoms with E-state index in [0.29, 0.717) is 23.9 Å². The van der Waals surface area contributed by atoms with Gasteiger partial charge in [-0.3, -0.25) is 14.2 Å². The molecule has 0 bridgehead atoms. The van der Waals surface area contributed by atoms with Crippen molar-refractivity contribution in [1.82, 2.24) is 0 Å². The lowest BCUT2D eigenvalue weighted by Crippen LogP contribution is -2.37. The van der Waals surface area contributed by atoms with E-state index in [2.05, 4.69) is 160 Å². The highest BCUT2D eigenvalue weighted by molar-refractivity contribution is 7.45. The number of hydrogen-bond acceptors (Lipinski definition) is 8. The summed E-state index contributed by atoms with van der Waals surface area (Å²) in [5, 5.41) is 0. The second-order valence-electron chi connectivity index (χ2n) is 19.2. The second kappa shape index (κ2) is 52.7. The topological polar surface area (TPSA) is 111 Å². The Kier molecular flexibility index (Phi) is 49.8. The third-order valence-electron chi connectivity index (χ3n) is 11.1. The fourth-order valence-corrected chi connectivity index (χ4v) is 7.50. The zero-order valence-corrected chi connectivity index (χ0v) is 47.4. The van der Waals surface area contributed by atoms with Gasteiger partial charge in [-0.25, -0.2) is 0 Å². The highest BCUT2D eigenvalue weighted by atomic mass is 31.2. The quantitative estimate of drug-likeness (QED) is 0.0195. The molecule has 2 atom stereocenters. The van der Waals surface area contributed by atoms with Gasteiger partial charge in [-0.2, -0.15) is 0 Å². The largest absolute Gasteiger partial charge is 0.756 e. The van der Waals surface area contributed by atoms with E-state index < -0.39 is 32.5 Å². The maximum Gasteiger partial charge on any atom is 0.306 e. The number of phosphoric acid groups is 1. The number of carbonyl (C=O) groups excluding carboxylic acids is 2. The Morgan fingerprint density at radius 3 is 1.19 bits per heavy atom. The molecule has 0 spiro atoms. The van der Waals surface area contributed by atoms with Crippen LogP contribution in [0.1, 0.15) is 187 Å². The van der Waals surface area contributed by atoms with Crippen molar-refractivity contribution in [3.05, 3.63) is 146 Å². The normalized spacial score (nSPS) is 14.4. The SMILES string of the molecule is CC/C=C\C/C=C\C/C=C\C/C=C\C/C=C\C/C=C\C/C=C\C/C=C\C/C=C\C/C=C\C/C=C\CCCCCC(=O)OC(COC(=O)CCCCCCC/C=C\CCCCC)COP(=O)([O-])OCC[N+](C)(C)C. The number of allylic oxidation sites excluding steroid dienone is 24. The standard InChI is InChI=1S/C63H102NO8P/c1-6-8-10-12-14-16-18-20-21-22-23-24-25-26-27-28-29-30-31-32-33-34-35-36-37-38-39-40-41-42-43-44-46-48-50-52-54-56-63(66)72-61(60-71-73(67,68)70-58-57-64(3,4)5)59-69-62(65)55-53-51-49-47-45-19-17-15-13-11-9-7-2/h8,10,14-17,20-21,23-24,26-27,29-30,32-33,35-36,38-39,41-42,44,46,61H,6-7,9,11-13,18-19,22,25,28,31,34,37,40,43,45,47-60H2,1-5H3/b10-8-,16-14-,17-15-,21-20-,24-23-,27-26-,30-29-,33-32-,36-35-,39-38-,42-41-,46-44-. The first-order valence-electron chi connectivity index (χ1n) is 28.0. The van der Waals surface area contributed by atoms with E-state index in [1.165, 1.54) is 19.3 Å². The zero-order chi connectivity index (χ0) is 53.5. The average molecular weight is 1030 g/mol. The Morgan fingerprint density at radius 1 is 0.438 bits per heavy atom. The lowest BCUT2D eigenvalue weighted by molar-refractivity contribution is -0.870. The van der Waals surface area contributed by atoms with Gasteiger partial charge in [0.2, 0.25) is 0 Å². The van der Waals surface area contributed by atoms with E-state index in [4.69, 9.17) is 18.5 Å². The van der Waals surface area contributed by atoms with E-state index in [9.17, 15) is 19.0 Å². The molecule has 0 aromatic carbocycles. The van der Waals surface area contributed by atoms with Gasteiger partial charge in [0, 0.05) is 12.8 Å². The van der Waals surface area contributed by atoms with Gasteiger partial charge in [-0.15, -0.1) is 0 Å². The number of rotatable bonds is 49. The van der Waals surface area contributed by atoms with E-state index in [-0.39, 0.29) is 26.1 Å². The summed E-state index contributed by atoms with van der Waals surface area (Å²) in [5.41, 5.74) is 0. The molecule has 2 unspecified atom stereocenters. The molecule has 412 valence electrons. The number of esters is 2. The highest BCUT2D eigenvalue weighted by Gasteiger charge is 2.21. The molecule has 0 aromatic heterocycles. The van der Waals surface area contributed by atoms with Crippen molar-refractivity contribution < 1.29 is 42.1 Å². The Morgan fingerprint density at radius 2 is 0.781 bits per heavy atom. The summed E-state index contributed by atoms with van der Waals surface area (Å²) in [7, 11) is 1.11. The van der Waals surface area contributed by atoms with Crippen molar-refractivity contribution in [3.8, 4) is 0 Å². The van der Waals surface area contributed by atoms with Gasteiger partial charge in [0.15, 0.2) is 6.10 Å². The first kappa shape index (κ1) is 68.9. The zero-order valence-electron chi connectivity index (χ0n) is 46.5. The number of nitrogens with zero attached hydrogens (tertiary/aromatic N) is 1. The van der Waals surface area contributed by atoms with Crippen molar-refractivity contribution in [3.63, 3.8) is 0 Å². The molecule has 10 heteroatoms. The van der Waals surface area contributed by atoms with Gasteiger partial charge in [-0.05, 0) is 122 Å². The Labute approximate surface area is 446 Å². The van der Waals surface area contributed by atoms with Gasteiger partial charge in [0.1, 0.15) is 19.8 Å². The maximum absolute atomic E-state index is 12.7. The predicted octanol–water partition coefficient (Wildman–Crippen LogP) is 16.9. The summed E-state index contributed by atoms with van der Waals surface area (Å²) in [5.74, 6) is -0.897. The van der Waals surface area contributed by atoms with Gasteiger partial charge in [-0.1, -0.05) is 198 Å². The average Bonchev–Trinajstić information content (AvgIpc) is 3.35. The number of carbonyl (C=O) groups is 2. The van der Waals surface area contributed by atoms with Crippen LogP contribution >= 0.6 is 7.82 Å². The van der Waals surface area contributed by atoms with Crippen LogP contribution in [0.3, 0.4) is 0 Å². The molecule has 0 N–H and O–H groups in total. The Bertz CT molecular complexity index is 1740. The minimum Gasteiger partial charge on any atom is -0.756 e. The molecule has 0 aromatic rings. The van der Waals surface area contributed by atoms with Crippen molar-refractivity contribution in [2.24, 2.45) is 0 Å². The maximum atomic E-state index is 12.7. The monoisotopic (exact) mass is 1030 g/mol. The summed E-state index contributed by atoms with van der Waals surface area (Å²) >= 11 is 0. The first-order valence-corrected chi connectivity index (χ1v) is 29.5. The fourth-order valence-electron chi connectivity index (χ4n) is 6.77. The van der Waals surface area contributed by atoms with Crippen molar-refractivity contribution in [2.75, 3.05) is 47.5 Å². The highest BCUT2D eigenvalue weighted by Crippen LogP contribution is 2.38. The molecule has 0 rings (SSSR count). The van der Waals surface area contributed by atoms with E-state index >= 15 is 0 Å². The van der Waals surface area contributed by atoms with Gasteiger partial charge < -0.3 is 27.9 Å². The Hall–Kier alpha value is -4.11. The number of likely N-dealkylation sites (N-methyl/N-ethyl adjacent to an activating group) is 1. The van der Waals surface area contributed by atoms with Crippen LogP contribution in [-0.2, 0) is 32.7 Å². The third kappa shape index (κ3) is 57.0. The summed E-state index contributed by atoms with van der Waals surface area (Å²) in [6, 6.07) is 0. The van der Waals surface area contributed by atoms with Crippen LogP contribution in [0, 0.1) is 0 Å². The van der Waals surface area contributed by atoms with E-state index in [1.54, 1.807) is 0 Å². The van der Waals surface area contributed by atoms with Gasteiger partial charge in [0.25, 0.3) is 7.82 Å². The second-order valence-corrected chi connectivity index (χ2v) is 20.6. The smallest absolute Gasteiger partial charge is 0.306 e. The predicted molar refractivity (Wildman–Crippen MR) is 309 cm³/mol. The molecule has 0 saturated carbocycles. The molecule has 0 radical (unpaired) electrons. The minimum absolute atomic E-state index is 0.0469. The van der Waals surface area contributed by atoms with Crippen LogP contribution in [0.15, 0.2) is 146 Å². The van der Waals surface area contributed by atoms with Crippen LogP contribution in [-0.4, -0.2) is 70.0 Å². The van der Waals surface area contributed by atoms with Crippen LogP contribution in [0.5, 0.6) is 0 Å². The molecular formula is C63H102NO8P. The molecule has 0 aliphatic carbocycles. The number of ether oxygens (including phenoxy) is 2. The van der Waals surface area contributed by atoms with Crippen molar-refractivity contribution in [1.29, 1.82) is 0 Å². The van der Waals surface area contributed by atoms with Gasteiger partial charge in [0.05, 0.1) is 27.7 Å². The summed E-state index contributed by atoms with van der Waals surface area (Å²) in [4.78, 5) is 37.7. The van der Waals surface area contributed by atoms with Gasteiger partial charge >= 0.3 is 11.9 Å². The molecule has 9 nitrogen and oxygen atoms in total. The Balaban J connectivity index is 4.24. The molecule has 73 heavy (non-hydrogen) atoms. The fraction of sp³-hybridized carbons (Fsp3) is 0.587. The molecule has 0 aliphatic heterocycles. The van der Waals surface area contributed by atoms with Crippen LogP contribution in [0.2, 0.25) is 0 Å². The third-order valence-corrected chi connectivity index (χ3v) is 12.1. The van der Waals surface area contributed by atoms with E-state index in [0.717, 1.165) is 128 Å². The van der Waals surface area contributed by atoms with Crippen molar-refractivity contribution >= 4 is 19.8 Å². The summed E-state index contributed by atoms with van der Waals surface area (Å²) < 4.78 is 34.0. The van der Waals surface area contributed by atoms with Crippen LogP contribution < -0.4 is 4.89 Å². The molecule has 0 fully saturated rings. The number of unbranched alkanes of at least 4 members (excludes halogenated alkanes) is 11. The molecule has 0 saturated heterocycles. The molecule has 0 amide bonds. The number of hydrogen-bond donors (Lipinski definition) is 0. The van der Waals surface area contributed by atoms with Crippen LogP contribution in [0.4, 0.5) is 0 Å². The summed E-state index contributed by atoms with van der Waals surface area (Å²) in [6.45, 7) is 4.01. The summed E-state index contributed by atoms with van der Waals surface area (Å²) in [6.07, 6.45) is 77.6. The lowest BCUT2D eigenvalue weighted by Gasteiger charge is -2.28. The van der Waals surface area contributed by atoms with Crippen LogP contribution in [0.25, 0.3) is 0 Å². The van der Waals surface area contributed by atoms with Crippen molar-refractivity contribution in [2.45, 2.75) is 193 Å². The van der Waals surface area contributed by atoms with E-state index in [1.807, 2.05) is 21.1 Å². The first-order chi connectivity index (χ1) is 35.5. The molecule has 0 heterocycles. The molecular weight excluding hydrogens is 930 g/mol. The number of quaternary nitrogens is 1. The number of phosphoric ester groups is 1.